The van der Waals surface area contributed by atoms with Crippen molar-refractivity contribution in [2.24, 2.45) is 5.73 Å². The highest BCUT2D eigenvalue weighted by Gasteiger charge is 2.17. The number of nitrogens with two attached hydrogens (primary N) is 1. The summed E-state index contributed by atoms with van der Waals surface area (Å²) >= 11 is 0. The van der Waals surface area contributed by atoms with Crippen LogP contribution in [-0.4, -0.2) is 11.1 Å². The Bertz CT molecular complexity index is 836. The van der Waals surface area contributed by atoms with Crippen LogP contribution < -0.4 is 5.73 Å². The first-order valence-corrected chi connectivity index (χ1v) is 7.00. The van der Waals surface area contributed by atoms with E-state index in [4.69, 9.17) is 10.3 Å². The van der Waals surface area contributed by atoms with Crippen molar-refractivity contribution in [1.29, 1.82) is 0 Å². The molecule has 1 aromatic heterocycles. The van der Waals surface area contributed by atoms with Crippen LogP contribution in [0.1, 0.15) is 21.7 Å². The Morgan fingerprint density at radius 1 is 1.05 bits per heavy atom. The predicted molar refractivity (Wildman–Crippen MR) is 85.4 cm³/mol. The smallest absolute Gasteiger partial charge is 0.248 e. The van der Waals surface area contributed by atoms with E-state index >= 15 is 0 Å². The molecule has 0 aliphatic carbocycles. The second-order valence-electron chi connectivity index (χ2n) is 5.22. The Balaban J connectivity index is 2.15. The summed E-state index contributed by atoms with van der Waals surface area (Å²) in [6, 6.07) is 15.4. The zero-order chi connectivity index (χ0) is 15.7. The number of nitrogens with zero attached hydrogens (tertiary/aromatic N) is 1. The molecule has 1 amide bonds. The van der Waals surface area contributed by atoms with Gasteiger partial charge in [0.25, 0.3) is 0 Å². The molecule has 22 heavy (non-hydrogen) atoms. The van der Waals surface area contributed by atoms with E-state index in [9.17, 15) is 4.79 Å². The quantitative estimate of drug-likeness (QED) is 0.799. The first kappa shape index (κ1) is 14.1. The number of aryl methyl sites for hydroxylation is 2. The number of carbonyl (C=O) groups is 1. The molecule has 4 nitrogen and oxygen atoms in total. The van der Waals surface area contributed by atoms with Gasteiger partial charge in [0.2, 0.25) is 5.91 Å². The third kappa shape index (κ3) is 2.39. The van der Waals surface area contributed by atoms with Crippen LogP contribution in [0.4, 0.5) is 0 Å². The highest BCUT2D eigenvalue weighted by Crippen LogP contribution is 2.34. The van der Waals surface area contributed by atoms with E-state index in [0.29, 0.717) is 5.56 Å². The van der Waals surface area contributed by atoms with Crippen LogP contribution in [0.3, 0.4) is 0 Å². The molecule has 0 saturated heterocycles. The minimum Gasteiger partial charge on any atom is -0.366 e. The molecule has 2 N–H and O–H groups in total. The van der Waals surface area contributed by atoms with Crippen molar-refractivity contribution >= 4 is 5.91 Å². The molecule has 0 spiro atoms. The van der Waals surface area contributed by atoms with Gasteiger partial charge in [-0.2, -0.15) is 0 Å². The van der Waals surface area contributed by atoms with Gasteiger partial charge in [0.15, 0.2) is 0 Å². The van der Waals surface area contributed by atoms with Gasteiger partial charge < -0.3 is 10.3 Å². The third-order valence-corrected chi connectivity index (χ3v) is 3.69. The average molecular weight is 292 g/mol. The van der Waals surface area contributed by atoms with Crippen molar-refractivity contribution in [2.75, 3.05) is 0 Å². The molecule has 3 aromatic rings. The molecule has 0 aliphatic heterocycles. The SMILES string of the molecule is Cc1cc(-c2c(-c3ccccc3)noc2C)ccc1C(N)=O. The number of rotatable bonds is 3. The van der Waals surface area contributed by atoms with Gasteiger partial charge in [0, 0.05) is 11.1 Å². The molecule has 4 heteroatoms. The molecule has 1 heterocycles. The molecule has 110 valence electrons. The van der Waals surface area contributed by atoms with Gasteiger partial charge in [-0.3, -0.25) is 4.79 Å². The molecule has 0 radical (unpaired) electrons. The van der Waals surface area contributed by atoms with Crippen LogP contribution in [0.2, 0.25) is 0 Å². The molecule has 3 rings (SSSR count). The van der Waals surface area contributed by atoms with E-state index in [-0.39, 0.29) is 0 Å². The Kier molecular flexibility index (Phi) is 3.51. The number of carbonyl (C=O) groups excluding carboxylic acids is 1. The van der Waals surface area contributed by atoms with Crippen molar-refractivity contribution in [3.8, 4) is 22.4 Å². The maximum absolute atomic E-state index is 11.4. The lowest BCUT2D eigenvalue weighted by Crippen LogP contribution is -2.12. The van der Waals surface area contributed by atoms with Crippen molar-refractivity contribution < 1.29 is 9.32 Å². The molecular weight excluding hydrogens is 276 g/mol. The zero-order valence-corrected chi connectivity index (χ0v) is 12.5. The van der Waals surface area contributed by atoms with E-state index in [1.54, 1.807) is 6.07 Å². The molecule has 0 atom stereocenters. The molecule has 0 bridgehead atoms. The van der Waals surface area contributed by atoms with Crippen LogP contribution >= 0.6 is 0 Å². The van der Waals surface area contributed by atoms with Gasteiger partial charge >= 0.3 is 0 Å². The minimum atomic E-state index is -0.422. The summed E-state index contributed by atoms with van der Waals surface area (Å²) in [6.07, 6.45) is 0. The molecular formula is C18H16N2O2. The number of amides is 1. The highest BCUT2D eigenvalue weighted by atomic mass is 16.5. The molecule has 2 aromatic carbocycles. The normalized spacial score (nSPS) is 10.6. The topological polar surface area (TPSA) is 69.1 Å². The van der Waals surface area contributed by atoms with Gasteiger partial charge in [0.05, 0.1) is 5.56 Å². The Morgan fingerprint density at radius 2 is 1.77 bits per heavy atom. The van der Waals surface area contributed by atoms with Crippen LogP contribution in [0.15, 0.2) is 53.1 Å². The molecule has 0 saturated carbocycles. The van der Waals surface area contributed by atoms with Gasteiger partial charge in [-0.15, -0.1) is 0 Å². The monoisotopic (exact) mass is 292 g/mol. The van der Waals surface area contributed by atoms with Gasteiger partial charge in [-0.1, -0.05) is 47.6 Å². The fourth-order valence-corrected chi connectivity index (χ4v) is 2.60. The van der Waals surface area contributed by atoms with Crippen molar-refractivity contribution in [1.82, 2.24) is 5.16 Å². The van der Waals surface area contributed by atoms with E-state index < -0.39 is 5.91 Å². The highest BCUT2D eigenvalue weighted by molar-refractivity contribution is 5.95. The lowest BCUT2D eigenvalue weighted by atomic mass is 9.96. The standard InChI is InChI=1S/C18H16N2O2/c1-11-10-14(8-9-15(11)18(19)21)16-12(2)22-20-17(16)13-6-4-3-5-7-13/h3-10H,1-2H3,(H2,19,21). The summed E-state index contributed by atoms with van der Waals surface area (Å²) in [4.78, 5) is 11.4. The summed E-state index contributed by atoms with van der Waals surface area (Å²) < 4.78 is 5.38. The average Bonchev–Trinajstić information content (AvgIpc) is 2.89. The number of hydrogen-bond donors (Lipinski definition) is 1. The molecule has 0 unspecified atom stereocenters. The largest absolute Gasteiger partial charge is 0.366 e. The second-order valence-corrected chi connectivity index (χ2v) is 5.22. The van der Waals surface area contributed by atoms with Crippen LogP contribution in [0.5, 0.6) is 0 Å². The first-order valence-electron chi connectivity index (χ1n) is 7.00. The Morgan fingerprint density at radius 3 is 2.41 bits per heavy atom. The summed E-state index contributed by atoms with van der Waals surface area (Å²) in [7, 11) is 0. The minimum absolute atomic E-state index is 0.422. The lowest BCUT2D eigenvalue weighted by molar-refractivity contribution is 0.1000. The third-order valence-electron chi connectivity index (χ3n) is 3.69. The summed E-state index contributed by atoms with van der Waals surface area (Å²) in [5, 5.41) is 4.18. The van der Waals surface area contributed by atoms with Crippen molar-refractivity contribution in [2.45, 2.75) is 13.8 Å². The van der Waals surface area contributed by atoms with Crippen LogP contribution in [0, 0.1) is 13.8 Å². The van der Waals surface area contributed by atoms with Crippen LogP contribution in [-0.2, 0) is 0 Å². The summed E-state index contributed by atoms with van der Waals surface area (Å²) in [5.41, 5.74) is 10.4. The summed E-state index contributed by atoms with van der Waals surface area (Å²) in [5.74, 6) is 0.319. The maximum Gasteiger partial charge on any atom is 0.248 e. The summed E-state index contributed by atoms with van der Waals surface area (Å²) in [6.45, 7) is 3.75. The van der Waals surface area contributed by atoms with Crippen molar-refractivity contribution in [3.63, 3.8) is 0 Å². The zero-order valence-electron chi connectivity index (χ0n) is 12.5. The Labute approximate surface area is 128 Å². The van der Waals surface area contributed by atoms with Gasteiger partial charge in [-0.05, 0) is 31.0 Å². The fraction of sp³-hybridized carbons (Fsp3) is 0.111. The van der Waals surface area contributed by atoms with E-state index in [0.717, 1.165) is 33.7 Å². The molecule has 0 fully saturated rings. The second kappa shape index (κ2) is 5.48. The fourth-order valence-electron chi connectivity index (χ4n) is 2.60. The number of aromatic nitrogens is 1. The lowest BCUT2D eigenvalue weighted by Gasteiger charge is -2.07. The first-order chi connectivity index (χ1) is 10.6. The predicted octanol–water partition coefficient (Wildman–Crippen LogP) is 3.72. The maximum atomic E-state index is 11.4. The van der Waals surface area contributed by atoms with E-state index in [1.165, 1.54) is 0 Å². The van der Waals surface area contributed by atoms with Gasteiger partial charge in [0.1, 0.15) is 11.5 Å². The number of hydrogen-bond acceptors (Lipinski definition) is 3. The molecule has 0 aliphatic rings. The van der Waals surface area contributed by atoms with E-state index in [2.05, 4.69) is 5.16 Å². The van der Waals surface area contributed by atoms with Crippen LogP contribution in [0.25, 0.3) is 22.4 Å². The van der Waals surface area contributed by atoms with Crippen molar-refractivity contribution in [3.05, 3.63) is 65.4 Å². The number of primary amides is 1. The van der Waals surface area contributed by atoms with Gasteiger partial charge in [-0.25, -0.2) is 0 Å². The van der Waals surface area contributed by atoms with E-state index in [1.807, 2.05) is 56.3 Å². The number of benzene rings is 2. The Hall–Kier alpha value is -2.88.